The average molecular weight is 446 g/mol. The van der Waals surface area contributed by atoms with E-state index in [9.17, 15) is 4.79 Å². The Kier molecular flexibility index (Phi) is 5.31. The van der Waals surface area contributed by atoms with Crippen LogP contribution in [0.4, 0.5) is 0 Å². The lowest BCUT2D eigenvalue weighted by atomic mass is 9.95. The number of nitrogens with zero attached hydrogens (tertiary/aromatic N) is 4. The van der Waals surface area contributed by atoms with Gasteiger partial charge < -0.3 is 4.98 Å². The summed E-state index contributed by atoms with van der Waals surface area (Å²) in [7, 11) is 0. The predicted octanol–water partition coefficient (Wildman–Crippen LogP) is 4.54. The Balaban J connectivity index is 1.45. The van der Waals surface area contributed by atoms with E-state index < -0.39 is 0 Å². The van der Waals surface area contributed by atoms with Gasteiger partial charge in [-0.25, -0.2) is 9.67 Å². The molecule has 0 amide bonds. The first kappa shape index (κ1) is 20.8. The molecule has 1 aliphatic heterocycles. The molecular weight excluding hydrogens is 418 g/mol. The number of para-hydroxylation sites is 1. The molecule has 4 aromatic rings. The molecule has 32 heavy (non-hydrogen) atoms. The fraction of sp³-hybridized carbons (Fsp3) is 0.320. The van der Waals surface area contributed by atoms with Gasteiger partial charge in [-0.05, 0) is 23.6 Å². The summed E-state index contributed by atoms with van der Waals surface area (Å²) in [5.74, 6) is 0.763. The first-order chi connectivity index (χ1) is 15.4. The minimum atomic E-state index is -0.174. The minimum absolute atomic E-state index is 0.0110. The van der Waals surface area contributed by atoms with Crippen LogP contribution >= 0.6 is 11.3 Å². The Hall–Kier alpha value is -3.03. The monoisotopic (exact) mass is 445 g/mol. The highest BCUT2D eigenvalue weighted by molar-refractivity contribution is 7.13. The second kappa shape index (κ2) is 8.15. The summed E-state index contributed by atoms with van der Waals surface area (Å²) in [4.78, 5) is 24.1. The summed E-state index contributed by atoms with van der Waals surface area (Å²) < 4.78 is 1.95. The van der Waals surface area contributed by atoms with Gasteiger partial charge in [0.05, 0.1) is 21.8 Å². The van der Waals surface area contributed by atoms with Gasteiger partial charge in [0.1, 0.15) is 11.5 Å². The Morgan fingerprint density at radius 2 is 1.94 bits per heavy atom. The number of thiophene rings is 1. The normalized spacial score (nSPS) is 14.5. The number of benzene rings is 1. The molecule has 4 heterocycles. The molecule has 0 spiro atoms. The molecule has 1 N–H and O–H groups in total. The lowest BCUT2D eigenvalue weighted by molar-refractivity contribution is 0.241. The second-order valence-corrected chi connectivity index (χ2v) is 10.3. The van der Waals surface area contributed by atoms with E-state index in [1.807, 2.05) is 22.9 Å². The SMILES string of the molecule is CC(C)(C)c1nc2c(c(=O)[nH]1)CN(Cc1cn(-c3ccccc3)nc1-c1cccs1)CC2. The standard InChI is InChI=1S/C25H27N5OS/c1-25(2,3)24-26-20-11-12-29(16-19(20)23(31)27-24)14-17-15-30(18-8-5-4-6-9-18)28-22(17)21-10-7-13-32-21/h4-10,13,15H,11-12,14,16H2,1-3H3,(H,26,27,31). The Bertz CT molecular complexity index is 1280. The Labute approximate surface area is 191 Å². The lowest BCUT2D eigenvalue weighted by Crippen LogP contribution is -2.37. The van der Waals surface area contributed by atoms with Gasteiger partial charge >= 0.3 is 0 Å². The van der Waals surface area contributed by atoms with Crippen LogP contribution in [0.1, 0.15) is 43.4 Å². The number of fused-ring (bicyclic) bond motifs is 1. The third-order valence-electron chi connectivity index (χ3n) is 5.82. The number of nitrogens with one attached hydrogen (secondary N) is 1. The summed E-state index contributed by atoms with van der Waals surface area (Å²) in [5.41, 5.74) is 4.75. The summed E-state index contributed by atoms with van der Waals surface area (Å²) in [6.07, 6.45) is 2.90. The molecule has 0 unspecified atom stereocenters. The number of H-pyrrole nitrogens is 1. The highest BCUT2D eigenvalue weighted by Gasteiger charge is 2.26. The van der Waals surface area contributed by atoms with Crippen LogP contribution in [0.15, 0.2) is 58.8 Å². The quantitative estimate of drug-likeness (QED) is 0.501. The van der Waals surface area contributed by atoms with E-state index in [0.29, 0.717) is 6.54 Å². The summed E-state index contributed by atoms with van der Waals surface area (Å²) in [5, 5.41) is 6.99. The van der Waals surface area contributed by atoms with Crippen molar-refractivity contribution in [3.8, 4) is 16.3 Å². The molecule has 0 radical (unpaired) electrons. The number of rotatable bonds is 4. The van der Waals surface area contributed by atoms with Gasteiger partial charge in [0.15, 0.2) is 0 Å². The Morgan fingerprint density at radius 1 is 1.12 bits per heavy atom. The highest BCUT2D eigenvalue weighted by atomic mass is 32.1. The van der Waals surface area contributed by atoms with Gasteiger partial charge in [-0.3, -0.25) is 9.69 Å². The van der Waals surface area contributed by atoms with Crippen LogP contribution in [0.3, 0.4) is 0 Å². The van der Waals surface area contributed by atoms with Gasteiger partial charge in [-0.15, -0.1) is 11.3 Å². The molecule has 1 aromatic carbocycles. The van der Waals surface area contributed by atoms with E-state index in [2.05, 4.69) is 66.5 Å². The molecule has 3 aromatic heterocycles. The van der Waals surface area contributed by atoms with Gasteiger partial charge in [-0.1, -0.05) is 45.0 Å². The number of hydrogen-bond donors (Lipinski definition) is 1. The highest BCUT2D eigenvalue weighted by Crippen LogP contribution is 2.30. The van der Waals surface area contributed by atoms with Crippen molar-refractivity contribution in [2.45, 2.75) is 45.7 Å². The maximum absolute atomic E-state index is 12.8. The average Bonchev–Trinajstić information content (AvgIpc) is 3.44. The fourth-order valence-corrected chi connectivity index (χ4v) is 4.82. The topological polar surface area (TPSA) is 66.8 Å². The smallest absolute Gasteiger partial charge is 0.255 e. The molecule has 0 saturated heterocycles. The van der Waals surface area contributed by atoms with Crippen LogP contribution in [-0.4, -0.2) is 31.2 Å². The fourth-order valence-electron chi connectivity index (χ4n) is 4.07. The molecular formula is C25H27N5OS. The first-order valence-electron chi connectivity index (χ1n) is 10.9. The van der Waals surface area contributed by atoms with Crippen molar-refractivity contribution in [3.63, 3.8) is 0 Å². The van der Waals surface area contributed by atoms with Gasteiger partial charge in [0, 0.05) is 43.2 Å². The zero-order chi connectivity index (χ0) is 22.3. The largest absolute Gasteiger partial charge is 0.310 e. The Morgan fingerprint density at radius 3 is 2.66 bits per heavy atom. The van der Waals surface area contributed by atoms with Gasteiger partial charge in [-0.2, -0.15) is 5.10 Å². The van der Waals surface area contributed by atoms with Crippen molar-refractivity contribution < 1.29 is 0 Å². The number of hydrogen-bond acceptors (Lipinski definition) is 5. The third-order valence-corrected chi connectivity index (χ3v) is 6.69. The van der Waals surface area contributed by atoms with Crippen molar-refractivity contribution in [2.24, 2.45) is 0 Å². The first-order valence-corrected chi connectivity index (χ1v) is 11.8. The second-order valence-electron chi connectivity index (χ2n) is 9.31. The summed E-state index contributed by atoms with van der Waals surface area (Å²) in [6.45, 7) is 8.42. The van der Waals surface area contributed by atoms with E-state index in [0.717, 1.165) is 58.4 Å². The van der Waals surface area contributed by atoms with E-state index in [4.69, 9.17) is 10.1 Å². The summed E-state index contributed by atoms with van der Waals surface area (Å²) in [6, 6.07) is 14.3. The van der Waals surface area contributed by atoms with Crippen molar-refractivity contribution in [3.05, 3.63) is 87.0 Å². The third kappa shape index (κ3) is 4.06. The number of aromatic amines is 1. The molecule has 0 fully saturated rings. The molecule has 164 valence electrons. The molecule has 5 rings (SSSR count). The van der Waals surface area contributed by atoms with Crippen LogP contribution in [0, 0.1) is 0 Å². The lowest BCUT2D eigenvalue weighted by Gasteiger charge is -2.28. The van der Waals surface area contributed by atoms with Crippen LogP contribution in [0.2, 0.25) is 0 Å². The molecule has 0 bridgehead atoms. The maximum Gasteiger partial charge on any atom is 0.255 e. The van der Waals surface area contributed by atoms with E-state index in [1.54, 1.807) is 11.3 Å². The molecule has 7 heteroatoms. The van der Waals surface area contributed by atoms with Crippen molar-refractivity contribution in [2.75, 3.05) is 6.54 Å². The van der Waals surface area contributed by atoms with E-state index in [-0.39, 0.29) is 11.0 Å². The van der Waals surface area contributed by atoms with Crippen molar-refractivity contribution in [1.29, 1.82) is 0 Å². The molecule has 0 saturated carbocycles. The van der Waals surface area contributed by atoms with Crippen molar-refractivity contribution in [1.82, 2.24) is 24.6 Å². The van der Waals surface area contributed by atoms with Crippen LogP contribution in [0.25, 0.3) is 16.3 Å². The van der Waals surface area contributed by atoms with Gasteiger partial charge in [0.2, 0.25) is 0 Å². The molecule has 1 aliphatic rings. The van der Waals surface area contributed by atoms with Crippen LogP contribution < -0.4 is 5.56 Å². The van der Waals surface area contributed by atoms with E-state index >= 15 is 0 Å². The molecule has 0 aliphatic carbocycles. The number of aromatic nitrogens is 4. The summed E-state index contributed by atoms with van der Waals surface area (Å²) >= 11 is 1.70. The van der Waals surface area contributed by atoms with Crippen molar-refractivity contribution >= 4 is 11.3 Å². The van der Waals surface area contributed by atoms with Crippen LogP contribution in [-0.2, 0) is 24.9 Å². The van der Waals surface area contributed by atoms with Gasteiger partial charge in [0.25, 0.3) is 5.56 Å². The van der Waals surface area contributed by atoms with Crippen LogP contribution in [0.5, 0.6) is 0 Å². The molecule has 6 nitrogen and oxygen atoms in total. The molecule has 0 atom stereocenters. The maximum atomic E-state index is 12.8. The zero-order valence-corrected chi connectivity index (χ0v) is 19.4. The zero-order valence-electron chi connectivity index (χ0n) is 18.6. The van der Waals surface area contributed by atoms with E-state index in [1.165, 1.54) is 0 Å². The predicted molar refractivity (Wildman–Crippen MR) is 128 cm³/mol. The minimum Gasteiger partial charge on any atom is -0.310 e.